The van der Waals surface area contributed by atoms with Crippen molar-refractivity contribution < 1.29 is 13.9 Å². The summed E-state index contributed by atoms with van der Waals surface area (Å²) in [5.74, 6) is -0.680. The predicted molar refractivity (Wildman–Crippen MR) is 61.4 cm³/mol. The van der Waals surface area contributed by atoms with Crippen molar-refractivity contribution in [3.8, 4) is 0 Å². The molecule has 1 atom stereocenters. The lowest BCUT2D eigenvalue weighted by atomic mass is 10.1. The Hall–Kier alpha value is -1.00. The number of hydrogen-bond donors (Lipinski definition) is 1. The molecule has 1 saturated carbocycles. The Kier molecular flexibility index (Phi) is 3.74. The predicted octanol–water partition coefficient (Wildman–Crippen LogP) is 2.17. The molecule has 0 amide bonds. The van der Waals surface area contributed by atoms with Gasteiger partial charge in [0.2, 0.25) is 0 Å². The average Bonchev–Trinajstić information content (AvgIpc) is 3.05. The summed E-state index contributed by atoms with van der Waals surface area (Å²) >= 11 is 0. The summed E-state index contributed by atoms with van der Waals surface area (Å²) in [6, 6.07) is 3.59. The number of halogens is 2. The molecule has 0 radical (unpaired) electrons. The Bertz CT molecular complexity index is 393. The number of nitrogens with zero attached hydrogens (tertiary/aromatic N) is 1. The second-order valence-electron chi connectivity index (χ2n) is 4.84. The van der Waals surface area contributed by atoms with Gasteiger partial charge in [-0.15, -0.1) is 0 Å². The van der Waals surface area contributed by atoms with Crippen LogP contribution in [0.4, 0.5) is 8.78 Å². The minimum absolute atomic E-state index is 0.330. The van der Waals surface area contributed by atoms with Crippen LogP contribution in [0.1, 0.15) is 18.4 Å². The second-order valence-corrected chi connectivity index (χ2v) is 4.84. The zero-order valence-electron chi connectivity index (χ0n) is 9.87. The van der Waals surface area contributed by atoms with Crippen molar-refractivity contribution in [2.75, 3.05) is 13.6 Å². The van der Waals surface area contributed by atoms with Gasteiger partial charge in [0.1, 0.15) is 11.6 Å². The van der Waals surface area contributed by atoms with Crippen LogP contribution in [0.15, 0.2) is 18.2 Å². The summed E-state index contributed by atoms with van der Waals surface area (Å²) in [4.78, 5) is 1.86. The molecule has 1 aliphatic carbocycles. The molecule has 0 spiro atoms. The van der Waals surface area contributed by atoms with E-state index in [1.54, 1.807) is 0 Å². The lowest BCUT2D eigenvalue weighted by Crippen LogP contribution is -2.30. The fraction of sp³-hybridized carbons (Fsp3) is 0.538. The van der Waals surface area contributed by atoms with Gasteiger partial charge in [0.15, 0.2) is 0 Å². The Labute approximate surface area is 99.9 Å². The van der Waals surface area contributed by atoms with Gasteiger partial charge in [0, 0.05) is 24.7 Å². The van der Waals surface area contributed by atoms with Gasteiger partial charge in [0.25, 0.3) is 0 Å². The van der Waals surface area contributed by atoms with Crippen LogP contribution in [0.5, 0.6) is 0 Å². The Morgan fingerprint density at radius 3 is 2.71 bits per heavy atom. The van der Waals surface area contributed by atoms with Crippen molar-refractivity contribution in [3.05, 3.63) is 35.4 Å². The number of aliphatic hydroxyl groups excluding tert-OH is 1. The van der Waals surface area contributed by atoms with Crippen molar-refractivity contribution in [2.24, 2.45) is 5.92 Å². The third-order valence-electron chi connectivity index (χ3n) is 3.12. The van der Waals surface area contributed by atoms with E-state index < -0.39 is 11.6 Å². The zero-order chi connectivity index (χ0) is 12.4. The van der Waals surface area contributed by atoms with Crippen LogP contribution in [0.3, 0.4) is 0 Å². The highest BCUT2D eigenvalue weighted by Gasteiger charge is 2.30. The van der Waals surface area contributed by atoms with E-state index in [4.69, 9.17) is 0 Å². The van der Waals surface area contributed by atoms with Gasteiger partial charge >= 0.3 is 0 Å². The average molecular weight is 241 g/mol. The second kappa shape index (κ2) is 5.10. The fourth-order valence-electron chi connectivity index (χ4n) is 1.95. The highest BCUT2D eigenvalue weighted by Crippen LogP contribution is 2.32. The minimum Gasteiger partial charge on any atom is -0.392 e. The number of likely N-dealkylation sites (N-methyl/N-ethyl adjacent to an activating group) is 1. The summed E-state index contributed by atoms with van der Waals surface area (Å²) in [6.45, 7) is 0.914. The fourth-order valence-corrected chi connectivity index (χ4v) is 1.95. The molecular weight excluding hydrogens is 224 g/mol. The van der Waals surface area contributed by atoms with Crippen molar-refractivity contribution in [3.63, 3.8) is 0 Å². The highest BCUT2D eigenvalue weighted by atomic mass is 19.1. The third-order valence-corrected chi connectivity index (χ3v) is 3.12. The summed E-state index contributed by atoms with van der Waals surface area (Å²) in [6.07, 6.45) is 1.84. The number of hydrogen-bond acceptors (Lipinski definition) is 2. The van der Waals surface area contributed by atoms with Crippen molar-refractivity contribution in [1.29, 1.82) is 0 Å². The van der Waals surface area contributed by atoms with Gasteiger partial charge in [-0.3, -0.25) is 4.90 Å². The standard InChI is InChI=1S/C13H17F2NO/c1-16(8-13(17)9-2-3-9)7-10-4-5-11(14)6-12(10)15/h4-6,9,13,17H,2-3,7-8H2,1H3. The molecule has 2 rings (SSSR count). The molecule has 2 nitrogen and oxygen atoms in total. The molecule has 17 heavy (non-hydrogen) atoms. The normalized spacial score (nSPS) is 17.5. The van der Waals surface area contributed by atoms with Gasteiger partial charge in [0.05, 0.1) is 6.10 Å². The Balaban J connectivity index is 1.90. The Morgan fingerprint density at radius 1 is 1.41 bits per heavy atom. The van der Waals surface area contributed by atoms with E-state index in [0.717, 1.165) is 18.9 Å². The topological polar surface area (TPSA) is 23.5 Å². The van der Waals surface area contributed by atoms with Crippen molar-refractivity contribution >= 4 is 0 Å². The first kappa shape index (κ1) is 12.5. The van der Waals surface area contributed by atoms with Gasteiger partial charge in [-0.1, -0.05) is 6.07 Å². The molecule has 1 aromatic carbocycles. The van der Waals surface area contributed by atoms with E-state index in [9.17, 15) is 13.9 Å². The van der Waals surface area contributed by atoms with E-state index in [1.165, 1.54) is 12.1 Å². The molecule has 0 aliphatic heterocycles. The molecule has 1 fully saturated rings. The molecule has 0 bridgehead atoms. The molecule has 1 N–H and O–H groups in total. The molecule has 1 unspecified atom stereocenters. The van der Waals surface area contributed by atoms with Gasteiger partial charge in [-0.05, 0) is 31.9 Å². The van der Waals surface area contributed by atoms with Crippen LogP contribution in [-0.4, -0.2) is 29.7 Å². The minimum atomic E-state index is -0.563. The summed E-state index contributed by atoms with van der Waals surface area (Å²) in [7, 11) is 1.83. The van der Waals surface area contributed by atoms with Crippen LogP contribution in [0.25, 0.3) is 0 Å². The van der Waals surface area contributed by atoms with Crippen molar-refractivity contribution in [2.45, 2.75) is 25.5 Å². The van der Waals surface area contributed by atoms with Crippen LogP contribution < -0.4 is 0 Å². The van der Waals surface area contributed by atoms with E-state index >= 15 is 0 Å². The first-order valence-electron chi connectivity index (χ1n) is 5.87. The number of rotatable bonds is 5. The molecule has 0 aromatic heterocycles. The highest BCUT2D eigenvalue weighted by molar-refractivity contribution is 5.18. The summed E-state index contributed by atoms with van der Waals surface area (Å²) < 4.78 is 26.1. The third kappa shape index (κ3) is 3.48. The smallest absolute Gasteiger partial charge is 0.130 e. The first-order valence-corrected chi connectivity index (χ1v) is 5.87. The zero-order valence-corrected chi connectivity index (χ0v) is 9.87. The summed E-state index contributed by atoms with van der Waals surface area (Å²) in [5, 5.41) is 9.76. The monoisotopic (exact) mass is 241 g/mol. The van der Waals surface area contributed by atoms with Gasteiger partial charge in [-0.25, -0.2) is 8.78 Å². The Morgan fingerprint density at radius 2 is 2.12 bits per heavy atom. The van der Waals surface area contributed by atoms with E-state index in [0.29, 0.717) is 24.6 Å². The maximum atomic E-state index is 13.4. The molecule has 1 aromatic rings. The van der Waals surface area contributed by atoms with Gasteiger partial charge < -0.3 is 5.11 Å². The molecule has 1 aliphatic rings. The van der Waals surface area contributed by atoms with Crippen LogP contribution in [-0.2, 0) is 6.54 Å². The van der Waals surface area contributed by atoms with Gasteiger partial charge in [-0.2, -0.15) is 0 Å². The maximum absolute atomic E-state index is 13.4. The molecule has 4 heteroatoms. The summed E-state index contributed by atoms with van der Waals surface area (Å²) in [5.41, 5.74) is 0.455. The van der Waals surface area contributed by atoms with E-state index in [1.807, 2.05) is 11.9 Å². The quantitative estimate of drug-likeness (QED) is 0.854. The molecule has 0 heterocycles. The molecule has 94 valence electrons. The van der Waals surface area contributed by atoms with Crippen molar-refractivity contribution in [1.82, 2.24) is 4.90 Å². The van der Waals surface area contributed by atoms with E-state index in [2.05, 4.69) is 0 Å². The molecule has 0 saturated heterocycles. The van der Waals surface area contributed by atoms with Crippen LogP contribution >= 0.6 is 0 Å². The first-order chi connectivity index (χ1) is 8.06. The van der Waals surface area contributed by atoms with Crippen LogP contribution in [0, 0.1) is 17.6 Å². The number of aliphatic hydroxyl groups is 1. The maximum Gasteiger partial charge on any atom is 0.130 e. The largest absolute Gasteiger partial charge is 0.392 e. The van der Waals surface area contributed by atoms with E-state index in [-0.39, 0.29) is 6.10 Å². The van der Waals surface area contributed by atoms with Crippen LogP contribution in [0.2, 0.25) is 0 Å². The lowest BCUT2D eigenvalue weighted by molar-refractivity contribution is 0.104. The lowest BCUT2D eigenvalue weighted by Gasteiger charge is -2.20. The molecular formula is C13H17F2NO. The number of benzene rings is 1. The SMILES string of the molecule is CN(Cc1ccc(F)cc1F)CC(O)C1CC1.